The number of carbonyl (C=O) groups excluding carboxylic acids is 1. The predicted molar refractivity (Wildman–Crippen MR) is 64.0 cm³/mol. The second-order valence-corrected chi connectivity index (χ2v) is 4.56. The second kappa shape index (κ2) is 5.06. The summed E-state index contributed by atoms with van der Waals surface area (Å²) >= 11 is 0. The van der Waals surface area contributed by atoms with Gasteiger partial charge < -0.3 is 0 Å². The first-order valence-electron chi connectivity index (χ1n) is 5.87. The van der Waals surface area contributed by atoms with E-state index in [2.05, 4.69) is 18.0 Å². The molecule has 1 aliphatic rings. The highest BCUT2D eigenvalue weighted by molar-refractivity contribution is 5.96. The number of nitrogens with zero attached hydrogens (tertiary/aromatic N) is 1. The first-order chi connectivity index (χ1) is 7.75. The molecule has 2 nitrogen and oxygen atoms in total. The van der Waals surface area contributed by atoms with Gasteiger partial charge >= 0.3 is 0 Å². The molecule has 0 saturated carbocycles. The van der Waals surface area contributed by atoms with Crippen LogP contribution in [0.15, 0.2) is 36.2 Å². The molecule has 0 bridgehead atoms. The Morgan fingerprint density at radius 1 is 1.44 bits per heavy atom. The standard InChI is InChI=1S/C14H17NO/c1-11-2-4-13(5-3-11)14(16)10-12-6-8-15-9-7-12/h4,6-9,11H,2-3,5,10H2,1H3. The average Bonchev–Trinajstić information content (AvgIpc) is 2.31. The Hall–Kier alpha value is -1.44. The summed E-state index contributed by atoms with van der Waals surface area (Å²) < 4.78 is 0. The molecule has 1 aromatic rings. The molecule has 1 atom stereocenters. The highest BCUT2D eigenvalue weighted by Gasteiger charge is 2.15. The number of hydrogen-bond donors (Lipinski definition) is 0. The molecule has 16 heavy (non-hydrogen) atoms. The summed E-state index contributed by atoms with van der Waals surface area (Å²) in [4.78, 5) is 15.9. The van der Waals surface area contributed by atoms with Crippen LogP contribution in [0.25, 0.3) is 0 Å². The second-order valence-electron chi connectivity index (χ2n) is 4.56. The average molecular weight is 215 g/mol. The number of hydrogen-bond acceptors (Lipinski definition) is 2. The number of ketones is 1. The SMILES string of the molecule is CC1CC=C(C(=O)Cc2ccncc2)CC1. The van der Waals surface area contributed by atoms with Gasteiger partial charge in [0.1, 0.15) is 0 Å². The van der Waals surface area contributed by atoms with E-state index in [-0.39, 0.29) is 5.78 Å². The van der Waals surface area contributed by atoms with Crippen LogP contribution >= 0.6 is 0 Å². The van der Waals surface area contributed by atoms with Crippen LogP contribution in [-0.4, -0.2) is 10.8 Å². The number of aromatic nitrogens is 1. The van der Waals surface area contributed by atoms with E-state index in [0.29, 0.717) is 6.42 Å². The normalized spacial score (nSPS) is 20.3. The van der Waals surface area contributed by atoms with E-state index in [9.17, 15) is 4.79 Å². The molecule has 0 spiro atoms. The monoisotopic (exact) mass is 215 g/mol. The summed E-state index contributed by atoms with van der Waals surface area (Å²) in [5, 5.41) is 0. The molecule has 0 fully saturated rings. The van der Waals surface area contributed by atoms with Crippen LogP contribution in [-0.2, 0) is 11.2 Å². The molecular formula is C14H17NO. The van der Waals surface area contributed by atoms with Crippen LogP contribution in [0.1, 0.15) is 31.7 Å². The lowest BCUT2D eigenvalue weighted by Gasteiger charge is -2.17. The van der Waals surface area contributed by atoms with E-state index in [4.69, 9.17) is 0 Å². The first-order valence-corrected chi connectivity index (χ1v) is 5.87. The number of carbonyl (C=O) groups is 1. The zero-order valence-corrected chi connectivity index (χ0v) is 9.65. The molecule has 0 N–H and O–H groups in total. The molecule has 0 saturated heterocycles. The van der Waals surface area contributed by atoms with Gasteiger partial charge in [-0.05, 0) is 48.4 Å². The largest absolute Gasteiger partial charge is 0.294 e. The predicted octanol–water partition coefficient (Wildman–Crippen LogP) is 2.94. The van der Waals surface area contributed by atoms with Gasteiger partial charge in [0.25, 0.3) is 0 Å². The topological polar surface area (TPSA) is 30.0 Å². The number of Topliss-reactive ketones (excluding diaryl/α,β-unsaturated/α-hetero) is 1. The zero-order valence-electron chi connectivity index (χ0n) is 9.65. The summed E-state index contributed by atoms with van der Waals surface area (Å²) in [5.74, 6) is 1.01. The number of allylic oxidation sites excluding steroid dienone is 2. The van der Waals surface area contributed by atoms with E-state index in [0.717, 1.165) is 36.3 Å². The summed E-state index contributed by atoms with van der Waals surface area (Å²) in [7, 11) is 0. The highest BCUT2D eigenvalue weighted by Crippen LogP contribution is 2.24. The molecule has 0 aromatic carbocycles. The van der Waals surface area contributed by atoms with Gasteiger partial charge in [-0.3, -0.25) is 9.78 Å². The van der Waals surface area contributed by atoms with Crippen molar-refractivity contribution < 1.29 is 4.79 Å². The Labute approximate surface area is 96.4 Å². The number of pyridine rings is 1. The third-order valence-corrected chi connectivity index (χ3v) is 3.15. The van der Waals surface area contributed by atoms with Crippen LogP contribution in [0.4, 0.5) is 0 Å². The van der Waals surface area contributed by atoms with Gasteiger partial charge in [-0.25, -0.2) is 0 Å². The molecule has 0 radical (unpaired) electrons. The fourth-order valence-electron chi connectivity index (χ4n) is 2.02. The Balaban J connectivity index is 1.99. The van der Waals surface area contributed by atoms with Crippen LogP contribution in [0.3, 0.4) is 0 Å². The van der Waals surface area contributed by atoms with Crippen LogP contribution in [0, 0.1) is 5.92 Å². The van der Waals surface area contributed by atoms with Gasteiger partial charge in [-0.1, -0.05) is 13.0 Å². The Morgan fingerprint density at radius 2 is 2.19 bits per heavy atom. The van der Waals surface area contributed by atoms with Gasteiger partial charge in [0, 0.05) is 18.8 Å². The lowest BCUT2D eigenvalue weighted by Crippen LogP contribution is -2.11. The summed E-state index contributed by atoms with van der Waals surface area (Å²) in [6.07, 6.45) is 9.26. The van der Waals surface area contributed by atoms with Crippen molar-refractivity contribution in [2.75, 3.05) is 0 Å². The third kappa shape index (κ3) is 2.78. The van der Waals surface area contributed by atoms with Crippen molar-refractivity contribution in [2.45, 2.75) is 32.6 Å². The van der Waals surface area contributed by atoms with Crippen molar-refractivity contribution >= 4 is 5.78 Å². The van der Waals surface area contributed by atoms with Crippen molar-refractivity contribution in [3.8, 4) is 0 Å². The minimum Gasteiger partial charge on any atom is -0.294 e. The maximum absolute atomic E-state index is 12.0. The fourth-order valence-corrected chi connectivity index (χ4v) is 2.02. The van der Waals surface area contributed by atoms with Crippen molar-refractivity contribution in [3.63, 3.8) is 0 Å². The van der Waals surface area contributed by atoms with E-state index < -0.39 is 0 Å². The van der Waals surface area contributed by atoms with Crippen LogP contribution in [0.5, 0.6) is 0 Å². The molecule has 0 amide bonds. The maximum atomic E-state index is 12.0. The molecule has 2 heteroatoms. The Bertz CT molecular complexity index is 394. The van der Waals surface area contributed by atoms with Gasteiger partial charge in [0.05, 0.1) is 0 Å². The molecular weight excluding hydrogens is 198 g/mol. The van der Waals surface area contributed by atoms with Crippen molar-refractivity contribution in [1.82, 2.24) is 4.98 Å². The lowest BCUT2D eigenvalue weighted by atomic mass is 9.88. The van der Waals surface area contributed by atoms with E-state index >= 15 is 0 Å². The lowest BCUT2D eigenvalue weighted by molar-refractivity contribution is -0.115. The van der Waals surface area contributed by atoms with Gasteiger partial charge in [-0.15, -0.1) is 0 Å². The summed E-state index contributed by atoms with van der Waals surface area (Å²) in [5.41, 5.74) is 2.08. The van der Waals surface area contributed by atoms with Crippen molar-refractivity contribution in [2.24, 2.45) is 5.92 Å². The minimum atomic E-state index is 0.276. The summed E-state index contributed by atoms with van der Waals surface area (Å²) in [6.45, 7) is 2.24. The molecule has 1 aliphatic carbocycles. The molecule has 84 valence electrons. The van der Waals surface area contributed by atoms with Crippen LogP contribution in [0.2, 0.25) is 0 Å². The summed E-state index contributed by atoms with van der Waals surface area (Å²) in [6, 6.07) is 3.81. The fraction of sp³-hybridized carbons (Fsp3) is 0.429. The maximum Gasteiger partial charge on any atom is 0.162 e. The number of rotatable bonds is 3. The highest BCUT2D eigenvalue weighted by atomic mass is 16.1. The third-order valence-electron chi connectivity index (χ3n) is 3.15. The minimum absolute atomic E-state index is 0.276. The molecule has 2 rings (SSSR count). The van der Waals surface area contributed by atoms with Gasteiger partial charge in [-0.2, -0.15) is 0 Å². The Kier molecular flexibility index (Phi) is 3.50. The molecule has 1 unspecified atom stereocenters. The zero-order chi connectivity index (χ0) is 11.4. The quantitative estimate of drug-likeness (QED) is 0.776. The van der Waals surface area contributed by atoms with Crippen molar-refractivity contribution in [3.05, 3.63) is 41.7 Å². The van der Waals surface area contributed by atoms with E-state index in [1.807, 2.05) is 12.1 Å². The van der Waals surface area contributed by atoms with Gasteiger partial charge in [0.15, 0.2) is 5.78 Å². The molecule has 1 aromatic heterocycles. The smallest absolute Gasteiger partial charge is 0.162 e. The molecule has 0 aliphatic heterocycles. The van der Waals surface area contributed by atoms with E-state index in [1.165, 1.54) is 0 Å². The Morgan fingerprint density at radius 3 is 2.81 bits per heavy atom. The first kappa shape index (κ1) is 11.1. The van der Waals surface area contributed by atoms with Crippen molar-refractivity contribution in [1.29, 1.82) is 0 Å². The molecule has 1 heterocycles. The van der Waals surface area contributed by atoms with Crippen LogP contribution < -0.4 is 0 Å². The van der Waals surface area contributed by atoms with E-state index in [1.54, 1.807) is 12.4 Å². The van der Waals surface area contributed by atoms with Gasteiger partial charge in [0.2, 0.25) is 0 Å².